The molecule has 0 aliphatic carbocycles. The molecule has 3 heterocycles. The zero-order valence-electron chi connectivity index (χ0n) is 14.5. The molecule has 3 aromatic rings. The van der Waals surface area contributed by atoms with E-state index in [1.807, 2.05) is 24.5 Å². The fourth-order valence-corrected chi connectivity index (χ4v) is 3.03. The molecule has 0 saturated carbocycles. The third kappa shape index (κ3) is 3.30. The second-order valence-corrected chi connectivity index (χ2v) is 6.94. The van der Waals surface area contributed by atoms with Gasteiger partial charge in [0, 0.05) is 42.5 Å². The zero-order chi connectivity index (χ0) is 17.3. The highest BCUT2D eigenvalue weighted by Gasteiger charge is 2.23. The summed E-state index contributed by atoms with van der Waals surface area (Å²) in [5, 5.41) is 7.75. The highest BCUT2D eigenvalue weighted by atomic mass is 16.6. The van der Waals surface area contributed by atoms with Crippen molar-refractivity contribution < 1.29 is 9.47 Å². The van der Waals surface area contributed by atoms with E-state index in [-0.39, 0.29) is 5.41 Å². The quantitative estimate of drug-likeness (QED) is 0.775. The minimum Gasteiger partial charge on any atom is -0.486 e. The lowest BCUT2D eigenvalue weighted by molar-refractivity contribution is 0.171. The van der Waals surface area contributed by atoms with Gasteiger partial charge in [-0.15, -0.1) is 0 Å². The molecule has 0 radical (unpaired) electrons. The van der Waals surface area contributed by atoms with Crippen LogP contribution in [0.5, 0.6) is 11.5 Å². The SMILES string of the molecule is CC(C)(CNCc1cnc2ccnn2c1)c1ccc2c(c1)OCCO2. The van der Waals surface area contributed by atoms with Gasteiger partial charge in [0.2, 0.25) is 0 Å². The van der Waals surface area contributed by atoms with Crippen molar-refractivity contribution in [1.29, 1.82) is 0 Å². The van der Waals surface area contributed by atoms with Gasteiger partial charge in [-0.2, -0.15) is 5.10 Å². The molecule has 0 atom stereocenters. The van der Waals surface area contributed by atoms with Crippen LogP contribution in [0.3, 0.4) is 0 Å². The zero-order valence-corrected chi connectivity index (χ0v) is 14.5. The third-order valence-electron chi connectivity index (χ3n) is 4.52. The Bertz CT molecular complexity index is 888. The van der Waals surface area contributed by atoms with Crippen molar-refractivity contribution in [2.24, 2.45) is 0 Å². The lowest BCUT2D eigenvalue weighted by Crippen LogP contribution is -2.33. The standard InChI is InChI=1S/C19H22N4O2/c1-19(2,15-3-4-16-17(9-15)25-8-7-24-16)13-20-10-14-11-21-18-5-6-22-23(18)12-14/h3-6,9,11-12,20H,7-8,10,13H2,1-2H3. The summed E-state index contributed by atoms with van der Waals surface area (Å²) in [5.74, 6) is 1.67. The molecule has 0 fully saturated rings. The van der Waals surface area contributed by atoms with Crippen molar-refractivity contribution in [3.63, 3.8) is 0 Å². The van der Waals surface area contributed by atoms with E-state index in [1.165, 1.54) is 5.56 Å². The maximum absolute atomic E-state index is 5.70. The van der Waals surface area contributed by atoms with Crippen LogP contribution in [0.4, 0.5) is 0 Å². The average molecular weight is 338 g/mol. The predicted octanol–water partition coefficient (Wildman–Crippen LogP) is 2.57. The van der Waals surface area contributed by atoms with Crippen LogP contribution in [0, 0.1) is 0 Å². The second-order valence-electron chi connectivity index (χ2n) is 6.94. The molecule has 2 aromatic heterocycles. The van der Waals surface area contributed by atoms with Crippen molar-refractivity contribution in [2.75, 3.05) is 19.8 Å². The molecular formula is C19H22N4O2. The summed E-state index contributed by atoms with van der Waals surface area (Å²) in [7, 11) is 0. The van der Waals surface area contributed by atoms with Gasteiger partial charge in [0.05, 0.1) is 6.20 Å². The van der Waals surface area contributed by atoms with E-state index in [4.69, 9.17) is 9.47 Å². The van der Waals surface area contributed by atoms with E-state index in [0.717, 1.165) is 35.8 Å². The molecule has 25 heavy (non-hydrogen) atoms. The molecule has 1 aliphatic heterocycles. The summed E-state index contributed by atoms with van der Waals surface area (Å²) < 4.78 is 13.1. The van der Waals surface area contributed by atoms with Crippen molar-refractivity contribution in [2.45, 2.75) is 25.8 Å². The van der Waals surface area contributed by atoms with E-state index in [0.29, 0.717) is 13.2 Å². The van der Waals surface area contributed by atoms with Crippen molar-refractivity contribution in [3.05, 3.63) is 54.0 Å². The van der Waals surface area contributed by atoms with Crippen LogP contribution in [-0.2, 0) is 12.0 Å². The summed E-state index contributed by atoms with van der Waals surface area (Å²) in [5.41, 5.74) is 3.17. The molecule has 130 valence electrons. The lowest BCUT2D eigenvalue weighted by Gasteiger charge is -2.28. The fourth-order valence-electron chi connectivity index (χ4n) is 3.03. The molecule has 0 amide bonds. The van der Waals surface area contributed by atoms with Crippen LogP contribution in [0.1, 0.15) is 25.0 Å². The van der Waals surface area contributed by atoms with Gasteiger partial charge in [-0.1, -0.05) is 19.9 Å². The van der Waals surface area contributed by atoms with Crippen molar-refractivity contribution in [3.8, 4) is 11.5 Å². The second kappa shape index (κ2) is 6.37. The molecule has 0 saturated heterocycles. The van der Waals surface area contributed by atoms with Gasteiger partial charge in [0.25, 0.3) is 0 Å². The largest absolute Gasteiger partial charge is 0.486 e. The number of ether oxygens (including phenoxy) is 2. The van der Waals surface area contributed by atoms with Crippen LogP contribution in [0.2, 0.25) is 0 Å². The van der Waals surface area contributed by atoms with Crippen molar-refractivity contribution >= 4 is 5.65 Å². The number of nitrogens with one attached hydrogen (secondary N) is 1. The number of fused-ring (bicyclic) bond motifs is 2. The minimum atomic E-state index is -0.0287. The Morgan fingerprint density at radius 2 is 2.00 bits per heavy atom. The molecule has 0 spiro atoms. The molecule has 1 aliphatic rings. The van der Waals surface area contributed by atoms with E-state index >= 15 is 0 Å². The smallest absolute Gasteiger partial charge is 0.161 e. The maximum Gasteiger partial charge on any atom is 0.161 e. The normalized spacial score (nSPS) is 14.0. The van der Waals surface area contributed by atoms with E-state index in [9.17, 15) is 0 Å². The average Bonchev–Trinajstić information content (AvgIpc) is 3.09. The molecule has 0 unspecified atom stereocenters. The monoisotopic (exact) mass is 338 g/mol. The molecule has 1 aromatic carbocycles. The first-order valence-corrected chi connectivity index (χ1v) is 8.51. The summed E-state index contributed by atoms with van der Waals surface area (Å²) in [4.78, 5) is 4.39. The highest BCUT2D eigenvalue weighted by molar-refractivity contribution is 5.45. The van der Waals surface area contributed by atoms with Gasteiger partial charge in [-0.05, 0) is 17.7 Å². The lowest BCUT2D eigenvalue weighted by atomic mass is 9.84. The van der Waals surface area contributed by atoms with Gasteiger partial charge >= 0.3 is 0 Å². The molecule has 4 rings (SSSR count). The molecular weight excluding hydrogens is 316 g/mol. The minimum absolute atomic E-state index is 0.0287. The first-order valence-electron chi connectivity index (χ1n) is 8.51. The summed E-state index contributed by atoms with van der Waals surface area (Å²) >= 11 is 0. The first-order chi connectivity index (χ1) is 12.1. The predicted molar refractivity (Wildman–Crippen MR) is 95.2 cm³/mol. The molecule has 1 N–H and O–H groups in total. The molecule has 0 bridgehead atoms. The Morgan fingerprint density at radius 1 is 1.16 bits per heavy atom. The fraction of sp³-hybridized carbons (Fsp3) is 0.368. The van der Waals surface area contributed by atoms with E-state index in [2.05, 4.69) is 41.4 Å². The van der Waals surface area contributed by atoms with Gasteiger partial charge in [0.1, 0.15) is 13.2 Å². The Labute approximate surface area is 146 Å². The summed E-state index contributed by atoms with van der Waals surface area (Å²) in [6, 6.07) is 8.10. The third-order valence-corrected chi connectivity index (χ3v) is 4.52. The Morgan fingerprint density at radius 3 is 2.88 bits per heavy atom. The van der Waals surface area contributed by atoms with Crippen molar-refractivity contribution in [1.82, 2.24) is 19.9 Å². The summed E-state index contributed by atoms with van der Waals surface area (Å²) in [6.45, 7) is 7.26. The number of rotatable bonds is 5. The van der Waals surface area contributed by atoms with Gasteiger partial charge < -0.3 is 14.8 Å². The Balaban J connectivity index is 1.42. The number of aromatic nitrogens is 3. The Kier molecular flexibility index (Phi) is 4.05. The topological polar surface area (TPSA) is 60.7 Å². The van der Waals surface area contributed by atoms with Crippen LogP contribution in [0.15, 0.2) is 42.9 Å². The number of hydrogen-bond donors (Lipinski definition) is 1. The van der Waals surface area contributed by atoms with Gasteiger partial charge in [-0.25, -0.2) is 9.50 Å². The van der Waals surface area contributed by atoms with Crippen LogP contribution in [-0.4, -0.2) is 34.4 Å². The molecule has 6 heteroatoms. The van der Waals surface area contributed by atoms with Gasteiger partial charge in [0.15, 0.2) is 17.1 Å². The first kappa shape index (κ1) is 15.9. The Hall–Kier alpha value is -2.60. The molecule has 6 nitrogen and oxygen atoms in total. The van der Waals surface area contributed by atoms with Crippen LogP contribution < -0.4 is 14.8 Å². The van der Waals surface area contributed by atoms with Crippen LogP contribution in [0.25, 0.3) is 5.65 Å². The number of benzene rings is 1. The maximum atomic E-state index is 5.70. The van der Waals surface area contributed by atoms with Crippen LogP contribution >= 0.6 is 0 Å². The number of nitrogens with zero attached hydrogens (tertiary/aromatic N) is 3. The van der Waals surface area contributed by atoms with E-state index in [1.54, 1.807) is 10.7 Å². The van der Waals surface area contributed by atoms with Gasteiger partial charge in [-0.3, -0.25) is 0 Å². The number of hydrogen-bond acceptors (Lipinski definition) is 5. The van der Waals surface area contributed by atoms with E-state index < -0.39 is 0 Å². The highest BCUT2D eigenvalue weighted by Crippen LogP contribution is 2.34. The summed E-state index contributed by atoms with van der Waals surface area (Å²) in [6.07, 6.45) is 5.65.